The predicted octanol–water partition coefficient (Wildman–Crippen LogP) is 3.18. The normalized spacial score (nSPS) is 14.9. The van der Waals surface area contributed by atoms with Crippen LogP contribution in [0.15, 0.2) is 60.4 Å². The van der Waals surface area contributed by atoms with Gasteiger partial charge in [-0.1, -0.05) is 60.1 Å². The zero-order valence-corrected chi connectivity index (χ0v) is 12.2. The van der Waals surface area contributed by atoms with Gasteiger partial charge in [-0.3, -0.25) is 14.5 Å². The fraction of sp³-hybridized carbons (Fsp3) is 0.0588. The molecule has 1 N–H and O–H groups in total. The fourth-order valence-electron chi connectivity index (χ4n) is 2.37. The van der Waals surface area contributed by atoms with Crippen molar-refractivity contribution >= 4 is 29.0 Å². The second kappa shape index (κ2) is 5.66. The van der Waals surface area contributed by atoms with Crippen molar-refractivity contribution in [3.8, 4) is 0 Å². The number of imide groups is 1. The van der Waals surface area contributed by atoms with Gasteiger partial charge in [-0.15, -0.1) is 0 Å². The Morgan fingerprint density at radius 3 is 2.23 bits per heavy atom. The monoisotopic (exact) mass is 313 g/mol. The summed E-state index contributed by atoms with van der Waals surface area (Å²) < 4.78 is 0. The molecule has 2 amide bonds. The third kappa shape index (κ3) is 2.38. The van der Waals surface area contributed by atoms with Gasteiger partial charge in [-0.05, 0) is 17.2 Å². The average molecular weight is 314 g/mol. The topological polar surface area (TPSA) is 57.6 Å². The molecule has 110 valence electrons. The number of hydrogen-bond acceptors (Lipinski definition) is 3. The lowest BCUT2D eigenvalue weighted by Gasteiger charge is -2.15. The molecule has 0 radical (unpaired) electrons. The number of rotatable bonds is 3. The van der Waals surface area contributed by atoms with Crippen molar-refractivity contribution in [3.63, 3.8) is 0 Å². The second-order valence-corrected chi connectivity index (χ2v) is 5.28. The van der Waals surface area contributed by atoms with E-state index < -0.39 is 17.6 Å². The van der Waals surface area contributed by atoms with Crippen molar-refractivity contribution in [1.29, 1.82) is 0 Å². The summed E-state index contributed by atoms with van der Waals surface area (Å²) in [5, 5.41) is 10.5. The third-order valence-electron chi connectivity index (χ3n) is 3.49. The Hall–Kier alpha value is -2.59. The summed E-state index contributed by atoms with van der Waals surface area (Å²) in [5.74, 6) is -1.75. The summed E-state index contributed by atoms with van der Waals surface area (Å²) in [6, 6.07) is 15.6. The summed E-state index contributed by atoms with van der Waals surface area (Å²) in [7, 11) is 0. The van der Waals surface area contributed by atoms with Gasteiger partial charge in [0, 0.05) is 5.02 Å². The largest absolute Gasteiger partial charge is 0.502 e. The molecule has 3 rings (SSSR count). The first-order valence-electron chi connectivity index (χ1n) is 6.68. The van der Waals surface area contributed by atoms with Crippen LogP contribution in [0.1, 0.15) is 11.1 Å². The number of hydrogen-bond donors (Lipinski definition) is 1. The van der Waals surface area contributed by atoms with Crippen molar-refractivity contribution < 1.29 is 14.7 Å². The van der Waals surface area contributed by atoms with Gasteiger partial charge in [0.1, 0.15) is 0 Å². The van der Waals surface area contributed by atoms with E-state index in [2.05, 4.69) is 0 Å². The van der Waals surface area contributed by atoms with Crippen LogP contribution in [-0.2, 0) is 16.1 Å². The van der Waals surface area contributed by atoms with Gasteiger partial charge >= 0.3 is 0 Å². The Labute approximate surface area is 132 Å². The molecule has 0 spiro atoms. The zero-order chi connectivity index (χ0) is 15.7. The number of benzene rings is 2. The van der Waals surface area contributed by atoms with Crippen LogP contribution in [0.4, 0.5) is 0 Å². The molecule has 0 saturated carbocycles. The highest BCUT2D eigenvalue weighted by atomic mass is 35.5. The summed E-state index contributed by atoms with van der Waals surface area (Å²) in [6.45, 7) is 0.0255. The minimum absolute atomic E-state index is 0.0255. The van der Waals surface area contributed by atoms with E-state index in [4.69, 9.17) is 11.6 Å². The lowest BCUT2D eigenvalue weighted by atomic mass is 10.1. The van der Waals surface area contributed by atoms with Crippen molar-refractivity contribution in [1.82, 2.24) is 4.90 Å². The molecule has 4 nitrogen and oxygen atoms in total. The number of carbonyl (C=O) groups is 2. The molecule has 0 unspecified atom stereocenters. The van der Waals surface area contributed by atoms with Crippen molar-refractivity contribution in [2.24, 2.45) is 0 Å². The molecular weight excluding hydrogens is 302 g/mol. The maximum Gasteiger partial charge on any atom is 0.296 e. The first-order chi connectivity index (χ1) is 10.6. The number of carbonyl (C=O) groups excluding carboxylic acids is 2. The second-order valence-electron chi connectivity index (χ2n) is 4.88. The van der Waals surface area contributed by atoms with Crippen LogP contribution in [0.2, 0.25) is 5.02 Å². The van der Waals surface area contributed by atoms with Crippen molar-refractivity contribution in [2.45, 2.75) is 6.54 Å². The molecule has 1 aliphatic heterocycles. The Kier molecular flexibility index (Phi) is 3.69. The van der Waals surface area contributed by atoms with Crippen LogP contribution < -0.4 is 0 Å². The summed E-state index contributed by atoms with van der Waals surface area (Å²) in [4.78, 5) is 25.7. The molecule has 2 aromatic carbocycles. The molecule has 1 aliphatic rings. The van der Waals surface area contributed by atoms with E-state index in [-0.39, 0.29) is 12.1 Å². The molecular formula is C17H12ClNO3. The number of amides is 2. The molecule has 0 atom stereocenters. The maximum atomic E-state index is 12.5. The molecule has 0 bridgehead atoms. The van der Waals surface area contributed by atoms with Gasteiger partial charge in [-0.25, -0.2) is 0 Å². The highest BCUT2D eigenvalue weighted by Gasteiger charge is 2.39. The predicted molar refractivity (Wildman–Crippen MR) is 83.0 cm³/mol. The Morgan fingerprint density at radius 1 is 0.909 bits per heavy atom. The number of halogens is 1. The number of aliphatic hydroxyl groups excluding tert-OH is 1. The highest BCUT2D eigenvalue weighted by Crippen LogP contribution is 2.30. The average Bonchev–Trinajstić information content (AvgIpc) is 2.74. The van der Waals surface area contributed by atoms with Gasteiger partial charge in [0.05, 0.1) is 12.1 Å². The van der Waals surface area contributed by atoms with E-state index in [1.165, 1.54) is 0 Å². The Morgan fingerprint density at radius 2 is 1.55 bits per heavy atom. The van der Waals surface area contributed by atoms with E-state index in [9.17, 15) is 14.7 Å². The SMILES string of the molecule is O=C1C(O)=C(c2ccccc2)C(=O)N1Cc1ccccc1Cl. The summed E-state index contributed by atoms with van der Waals surface area (Å²) in [5.41, 5.74) is 1.19. The van der Waals surface area contributed by atoms with Gasteiger partial charge < -0.3 is 5.11 Å². The van der Waals surface area contributed by atoms with Gasteiger partial charge in [0.15, 0.2) is 5.76 Å². The molecule has 0 saturated heterocycles. The lowest BCUT2D eigenvalue weighted by molar-refractivity contribution is -0.138. The van der Waals surface area contributed by atoms with Crippen LogP contribution in [0.3, 0.4) is 0 Å². The van der Waals surface area contributed by atoms with Gasteiger partial charge in [0.25, 0.3) is 11.8 Å². The van der Waals surface area contributed by atoms with Gasteiger partial charge in [0.2, 0.25) is 0 Å². The summed E-state index contributed by atoms with van der Waals surface area (Å²) in [6.07, 6.45) is 0. The molecule has 0 fully saturated rings. The maximum absolute atomic E-state index is 12.5. The van der Waals surface area contributed by atoms with E-state index in [0.29, 0.717) is 16.1 Å². The van der Waals surface area contributed by atoms with Crippen LogP contribution in [-0.4, -0.2) is 21.8 Å². The van der Waals surface area contributed by atoms with Crippen LogP contribution in [0, 0.1) is 0 Å². The fourth-order valence-corrected chi connectivity index (χ4v) is 2.56. The molecule has 0 aliphatic carbocycles. The highest BCUT2D eigenvalue weighted by molar-refractivity contribution is 6.35. The quantitative estimate of drug-likeness (QED) is 0.885. The smallest absolute Gasteiger partial charge is 0.296 e. The van der Waals surface area contributed by atoms with Crippen molar-refractivity contribution in [2.75, 3.05) is 0 Å². The van der Waals surface area contributed by atoms with E-state index in [1.807, 2.05) is 0 Å². The van der Waals surface area contributed by atoms with Crippen LogP contribution in [0.5, 0.6) is 0 Å². The van der Waals surface area contributed by atoms with E-state index >= 15 is 0 Å². The Balaban J connectivity index is 1.93. The summed E-state index contributed by atoms with van der Waals surface area (Å²) >= 11 is 6.06. The molecule has 2 aromatic rings. The molecule has 0 aromatic heterocycles. The minimum Gasteiger partial charge on any atom is -0.502 e. The van der Waals surface area contributed by atoms with Crippen LogP contribution in [0.25, 0.3) is 5.57 Å². The first-order valence-corrected chi connectivity index (χ1v) is 7.05. The first kappa shape index (κ1) is 14.4. The lowest BCUT2D eigenvalue weighted by Crippen LogP contribution is -2.31. The molecule has 1 heterocycles. The van der Waals surface area contributed by atoms with E-state index in [0.717, 1.165) is 4.90 Å². The molecule has 22 heavy (non-hydrogen) atoms. The minimum atomic E-state index is -0.705. The van der Waals surface area contributed by atoms with Gasteiger partial charge in [-0.2, -0.15) is 0 Å². The zero-order valence-electron chi connectivity index (χ0n) is 11.5. The van der Waals surface area contributed by atoms with E-state index in [1.54, 1.807) is 54.6 Å². The Bertz CT molecular complexity index is 784. The third-order valence-corrected chi connectivity index (χ3v) is 3.86. The molecule has 5 heteroatoms. The van der Waals surface area contributed by atoms with Crippen molar-refractivity contribution in [3.05, 3.63) is 76.5 Å². The van der Waals surface area contributed by atoms with Crippen LogP contribution >= 0.6 is 11.6 Å². The number of aliphatic hydroxyl groups is 1. The number of nitrogens with zero attached hydrogens (tertiary/aromatic N) is 1. The standard InChI is InChI=1S/C17H12ClNO3/c18-13-9-5-4-8-12(13)10-19-16(21)14(15(20)17(19)22)11-6-2-1-3-7-11/h1-9,20H,10H2.